The molecule has 1 rings (SSSR count). The molecule has 0 fully saturated rings. The van der Waals surface area contributed by atoms with Crippen LogP contribution < -0.4 is 0 Å². The van der Waals surface area contributed by atoms with Crippen molar-refractivity contribution < 1.29 is 0 Å². The van der Waals surface area contributed by atoms with E-state index in [0.717, 1.165) is 5.69 Å². The van der Waals surface area contributed by atoms with Gasteiger partial charge in [0.2, 0.25) is 0 Å². The first kappa shape index (κ1) is 8.45. The van der Waals surface area contributed by atoms with Crippen LogP contribution >= 0.6 is 22.6 Å². The summed E-state index contributed by atoms with van der Waals surface area (Å²) in [7, 11) is 0. The first-order valence-electron chi connectivity index (χ1n) is 3.10. The molecular formula is C7H8IN3. The van der Waals surface area contributed by atoms with Crippen molar-refractivity contribution in [1.29, 1.82) is 5.41 Å². The van der Waals surface area contributed by atoms with Crippen LogP contribution in [0.3, 0.4) is 0 Å². The van der Waals surface area contributed by atoms with Crippen LogP contribution in [0.4, 0.5) is 0 Å². The predicted molar refractivity (Wildman–Crippen MR) is 54.2 cm³/mol. The molecule has 0 unspecified atom stereocenters. The van der Waals surface area contributed by atoms with Gasteiger partial charge in [-0.1, -0.05) is 22.6 Å². The van der Waals surface area contributed by atoms with E-state index in [2.05, 4.69) is 27.6 Å². The lowest BCUT2D eigenvalue weighted by molar-refractivity contribution is 1.06. The van der Waals surface area contributed by atoms with Crippen LogP contribution in [0.5, 0.6) is 0 Å². The van der Waals surface area contributed by atoms with Gasteiger partial charge in [-0.15, -0.1) is 0 Å². The number of rotatable bonds is 2. The maximum absolute atomic E-state index is 7.03. The molecule has 1 aromatic rings. The van der Waals surface area contributed by atoms with Crippen LogP contribution in [-0.4, -0.2) is 15.8 Å². The second-order valence-corrected chi connectivity index (χ2v) is 2.77. The number of imidazole rings is 1. The van der Waals surface area contributed by atoms with E-state index in [1.165, 1.54) is 6.21 Å². The van der Waals surface area contributed by atoms with Crippen molar-refractivity contribution in [2.24, 2.45) is 0 Å². The normalized spacial score (nSPS) is 10.7. The lowest BCUT2D eigenvalue weighted by atomic mass is 10.5. The van der Waals surface area contributed by atoms with E-state index in [1.807, 2.05) is 21.8 Å². The van der Waals surface area contributed by atoms with Crippen molar-refractivity contribution in [1.82, 2.24) is 9.55 Å². The van der Waals surface area contributed by atoms with E-state index in [4.69, 9.17) is 5.41 Å². The lowest BCUT2D eigenvalue weighted by Crippen LogP contribution is -1.95. The second kappa shape index (κ2) is 3.66. The minimum absolute atomic E-state index is 0.662. The molecule has 0 aliphatic rings. The van der Waals surface area contributed by atoms with Crippen LogP contribution in [0, 0.1) is 12.3 Å². The number of halogens is 1. The molecule has 1 heterocycles. The van der Waals surface area contributed by atoms with Gasteiger partial charge in [-0.3, -0.25) is 0 Å². The van der Waals surface area contributed by atoms with Crippen LogP contribution in [0.15, 0.2) is 10.3 Å². The van der Waals surface area contributed by atoms with Crippen molar-refractivity contribution in [3.8, 4) is 0 Å². The SMILES string of the molecule is Cc1cnc(C=N)n1/C=C\I. The van der Waals surface area contributed by atoms with Gasteiger partial charge in [-0.05, 0) is 11.0 Å². The van der Waals surface area contributed by atoms with Crippen molar-refractivity contribution >= 4 is 35.0 Å². The van der Waals surface area contributed by atoms with E-state index in [-0.39, 0.29) is 0 Å². The van der Waals surface area contributed by atoms with E-state index >= 15 is 0 Å². The van der Waals surface area contributed by atoms with Gasteiger partial charge in [0, 0.05) is 18.1 Å². The van der Waals surface area contributed by atoms with Crippen LogP contribution in [-0.2, 0) is 0 Å². The van der Waals surface area contributed by atoms with E-state index < -0.39 is 0 Å². The van der Waals surface area contributed by atoms with Gasteiger partial charge in [0.25, 0.3) is 0 Å². The zero-order valence-corrected chi connectivity index (χ0v) is 8.24. The summed E-state index contributed by atoms with van der Waals surface area (Å²) in [5, 5.41) is 7.03. The fourth-order valence-corrected chi connectivity index (χ4v) is 1.14. The highest BCUT2D eigenvalue weighted by atomic mass is 127. The Balaban J connectivity index is 3.17. The fraction of sp³-hybridized carbons (Fsp3) is 0.143. The highest BCUT2D eigenvalue weighted by Crippen LogP contribution is 2.03. The summed E-state index contributed by atoms with van der Waals surface area (Å²) < 4.78 is 3.75. The molecule has 0 saturated carbocycles. The zero-order valence-electron chi connectivity index (χ0n) is 6.08. The summed E-state index contributed by atoms with van der Waals surface area (Å²) in [6.07, 6.45) is 4.86. The zero-order chi connectivity index (χ0) is 8.27. The first-order valence-corrected chi connectivity index (χ1v) is 4.35. The van der Waals surface area contributed by atoms with Gasteiger partial charge in [-0.2, -0.15) is 0 Å². The molecule has 0 aliphatic carbocycles. The summed E-state index contributed by atoms with van der Waals surface area (Å²) in [6.45, 7) is 1.96. The van der Waals surface area contributed by atoms with Crippen LogP contribution in [0.2, 0.25) is 0 Å². The molecule has 0 aliphatic heterocycles. The molecule has 1 N–H and O–H groups in total. The van der Waals surface area contributed by atoms with Crippen molar-refractivity contribution in [3.63, 3.8) is 0 Å². The highest BCUT2D eigenvalue weighted by molar-refractivity contribution is 14.1. The summed E-state index contributed by atoms with van der Waals surface area (Å²) in [6, 6.07) is 0. The lowest BCUT2D eigenvalue weighted by Gasteiger charge is -1.97. The summed E-state index contributed by atoms with van der Waals surface area (Å²) in [5.74, 6) is 0.662. The standard InChI is InChI=1S/C7H8IN3/c1-6-5-10-7(4-9)11(6)3-2-8/h2-5,9H,1H3/b3-2-,9-4?. The van der Waals surface area contributed by atoms with E-state index in [9.17, 15) is 0 Å². The Bertz CT molecular complexity index is 288. The Hall–Kier alpha value is -0.650. The molecule has 11 heavy (non-hydrogen) atoms. The van der Waals surface area contributed by atoms with Gasteiger partial charge < -0.3 is 9.98 Å². The van der Waals surface area contributed by atoms with Crippen molar-refractivity contribution in [3.05, 3.63) is 21.8 Å². The van der Waals surface area contributed by atoms with Crippen LogP contribution in [0.25, 0.3) is 6.20 Å². The second-order valence-electron chi connectivity index (χ2n) is 2.05. The van der Waals surface area contributed by atoms with Crippen molar-refractivity contribution in [2.75, 3.05) is 0 Å². The predicted octanol–water partition coefficient (Wildman–Crippen LogP) is 2.05. The summed E-state index contributed by atoms with van der Waals surface area (Å²) in [4.78, 5) is 4.02. The van der Waals surface area contributed by atoms with Gasteiger partial charge in [0.05, 0.1) is 6.21 Å². The quantitative estimate of drug-likeness (QED) is 0.642. The van der Waals surface area contributed by atoms with E-state index in [0.29, 0.717) is 5.82 Å². The molecule has 1 aromatic heterocycles. The number of hydrogen-bond donors (Lipinski definition) is 1. The molecule has 0 bridgehead atoms. The number of nitrogens with zero attached hydrogens (tertiary/aromatic N) is 2. The molecule has 0 spiro atoms. The molecular weight excluding hydrogens is 253 g/mol. The van der Waals surface area contributed by atoms with E-state index in [1.54, 1.807) is 6.20 Å². The van der Waals surface area contributed by atoms with Gasteiger partial charge >= 0.3 is 0 Å². The Morgan fingerprint density at radius 2 is 2.45 bits per heavy atom. The van der Waals surface area contributed by atoms with Gasteiger partial charge in [0.15, 0.2) is 5.82 Å². The summed E-state index contributed by atoms with van der Waals surface area (Å²) >= 11 is 2.13. The third-order valence-electron chi connectivity index (χ3n) is 1.34. The smallest absolute Gasteiger partial charge is 0.154 e. The first-order chi connectivity index (χ1) is 5.29. The molecule has 4 heteroatoms. The Kier molecular flexibility index (Phi) is 2.81. The molecule has 58 valence electrons. The van der Waals surface area contributed by atoms with Crippen LogP contribution in [0.1, 0.15) is 11.5 Å². The Morgan fingerprint density at radius 3 is 3.00 bits per heavy atom. The molecule has 0 saturated heterocycles. The molecule has 3 nitrogen and oxygen atoms in total. The topological polar surface area (TPSA) is 41.7 Å². The molecule has 0 atom stereocenters. The number of hydrogen-bond acceptors (Lipinski definition) is 2. The number of aryl methyl sites for hydroxylation is 1. The monoisotopic (exact) mass is 261 g/mol. The molecule has 0 radical (unpaired) electrons. The average molecular weight is 261 g/mol. The largest absolute Gasteiger partial charge is 0.305 e. The third kappa shape index (κ3) is 1.68. The maximum Gasteiger partial charge on any atom is 0.154 e. The van der Waals surface area contributed by atoms with Gasteiger partial charge in [0.1, 0.15) is 0 Å². The number of nitrogens with one attached hydrogen (secondary N) is 1. The molecule has 0 amide bonds. The van der Waals surface area contributed by atoms with Crippen molar-refractivity contribution in [2.45, 2.75) is 6.92 Å². The Morgan fingerprint density at radius 1 is 1.73 bits per heavy atom. The fourth-order valence-electron chi connectivity index (χ4n) is 0.822. The van der Waals surface area contributed by atoms with Gasteiger partial charge in [-0.25, -0.2) is 4.98 Å². The summed E-state index contributed by atoms with van der Waals surface area (Å²) in [5.41, 5.74) is 1.04. The number of aromatic nitrogens is 2. The molecule has 0 aromatic carbocycles. The Labute approximate surface area is 78.8 Å². The average Bonchev–Trinajstić information content (AvgIpc) is 2.34. The highest BCUT2D eigenvalue weighted by Gasteiger charge is 1.98. The maximum atomic E-state index is 7.03. The minimum Gasteiger partial charge on any atom is -0.305 e. The minimum atomic E-state index is 0.662. The third-order valence-corrected chi connectivity index (χ3v) is 1.67.